The van der Waals surface area contributed by atoms with Crippen LogP contribution in [-0.2, 0) is 10.0 Å². The Morgan fingerprint density at radius 2 is 2.29 bits per heavy atom. The summed E-state index contributed by atoms with van der Waals surface area (Å²) < 4.78 is 26.9. The minimum Gasteiger partial charge on any atom is -0.465 e. The smallest absolute Gasteiger partial charge is 0.404 e. The molecule has 4 N–H and O–H groups in total. The number of carboxylic acid groups (broad SMARTS) is 1. The molecule has 1 unspecified atom stereocenters. The lowest BCUT2D eigenvalue weighted by molar-refractivity contribution is 0.181. The van der Waals surface area contributed by atoms with Gasteiger partial charge in [-0.25, -0.2) is 18.2 Å². The lowest BCUT2D eigenvalue weighted by Crippen LogP contribution is -2.49. The zero-order valence-corrected chi connectivity index (χ0v) is 13.4. The van der Waals surface area contributed by atoms with Gasteiger partial charge in [-0.15, -0.1) is 0 Å². The van der Waals surface area contributed by atoms with Gasteiger partial charge in [-0.2, -0.15) is 4.31 Å². The molecule has 8 nitrogen and oxygen atoms in total. The zero-order chi connectivity index (χ0) is 15.6. The predicted octanol–water partition coefficient (Wildman–Crippen LogP) is 0.847. The average molecular weight is 379 g/mol. The van der Waals surface area contributed by atoms with Gasteiger partial charge < -0.3 is 16.2 Å². The lowest BCUT2D eigenvalue weighted by atomic mass is 10.1. The average Bonchev–Trinajstić information content (AvgIpc) is 2.41. The summed E-state index contributed by atoms with van der Waals surface area (Å²) in [5, 5.41) is 11.1. The molecular weight excluding hydrogens is 364 g/mol. The second-order valence-corrected chi connectivity index (χ2v) is 7.51. The Balaban J connectivity index is 2.26. The molecule has 1 aromatic heterocycles. The zero-order valence-electron chi connectivity index (χ0n) is 11.0. The number of nitrogens with zero attached hydrogens (tertiary/aromatic N) is 2. The Kier molecular flexibility index (Phi) is 4.69. The van der Waals surface area contributed by atoms with Gasteiger partial charge in [-0.1, -0.05) is 0 Å². The molecule has 2 heterocycles. The van der Waals surface area contributed by atoms with E-state index in [9.17, 15) is 13.2 Å². The largest absolute Gasteiger partial charge is 0.465 e. The van der Waals surface area contributed by atoms with E-state index in [-0.39, 0.29) is 17.3 Å². The number of sulfonamides is 1. The van der Waals surface area contributed by atoms with Crippen molar-refractivity contribution in [1.29, 1.82) is 0 Å². The molecule has 0 saturated carbocycles. The van der Waals surface area contributed by atoms with E-state index in [1.54, 1.807) is 0 Å². The third-order valence-electron chi connectivity index (χ3n) is 3.18. The first kappa shape index (κ1) is 16.0. The highest BCUT2D eigenvalue weighted by molar-refractivity contribution is 9.10. The van der Waals surface area contributed by atoms with Gasteiger partial charge in [-0.05, 0) is 34.8 Å². The van der Waals surface area contributed by atoms with Crippen LogP contribution in [0.25, 0.3) is 0 Å². The summed E-state index contributed by atoms with van der Waals surface area (Å²) in [6, 6.07) is 0.971. The van der Waals surface area contributed by atoms with Crippen molar-refractivity contribution in [2.75, 3.05) is 18.8 Å². The number of piperidine rings is 1. The first-order chi connectivity index (χ1) is 9.80. The highest BCUT2D eigenvalue weighted by Gasteiger charge is 2.32. The van der Waals surface area contributed by atoms with Crippen molar-refractivity contribution < 1.29 is 18.3 Å². The fraction of sp³-hybridized carbons (Fsp3) is 0.455. The standard InChI is InChI=1S/C11H15BrN4O4S/c12-7-4-9(10(13)14-5-7)21(19,20)16-3-1-2-8(6-16)15-11(17)18/h4-5,8,15H,1-3,6H2,(H2,13,14)(H,17,18). The topological polar surface area (TPSA) is 126 Å². The quantitative estimate of drug-likeness (QED) is 0.715. The van der Waals surface area contributed by atoms with Crippen LogP contribution in [0.1, 0.15) is 12.8 Å². The van der Waals surface area contributed by atoms with Gasteiger partial charge in [0.05, 0.1) is 0 Å². The minimum absolute atomic E-state index is 0.0761. The number of aromatic nitrogens is 1. The van der Waals surface area contributed by atoms with Crippen LogP contribution in [0.5, 0.6) is 0 Å². The molecule has 0 spiro atoms. The molecule has 1 aromatic rings. The number of amides is 1. The van der Waals surface area contributed by atoms with E-state index in [1.165, 1.54) is 16.6 Å². The number of carbonyl (C=O) groups is 1. The van der Waals surface area contributed by atoms with E-state index >= 15 is 0 Å². The first-order valence-corrected chi connectivity index (χ1v) is 8.44. The second-order valence-electron chi connectivity index (χ2n) is 4.69. The van der Waals surface area contributed by atoms with E-state index in [0.717, 1.165) is 0 Å². The SMILES string of the molecule is Nc1ncc(Br)cc1S(=O)(=O)N1CCCC(NC(=O)O)C1. The van der Waals surface area contributed by atoms with Gasteiger partial charge in [0.25, 0.3) is 0 Å². The third kappa shape index (κ3) is 3.63. The molecule has 116 valence electrons. The molecule has 1 aliphatic heterocycles. The summed E-state index contributed by atoms with van der Waals surface area (Å²) in [5.74, 6) is -0.0773. The molecule has 0 radical (unpaired) electrons. The van der Waals surface area contributed by atoms with Gasteiger partial charge in [0, 0.05) is 29.8 Å². The Morgan fingerprint density at radius 3 is 2.95 bits per heavy atom. The molecule has 0 bridgehead atoms. The molecule has 1 saturated heterocycles. The number of nitrogens with two attached hydrogens (primary N) is 1. The number of pyridine rings is 1. The van der Waals surface area contributed by atoms with Crippen LogP contribution in [0.2, 0.25) is 0 Å². The Labute approximate surface area is 130 Å². The Morgan fingerprint density at radius 1 is 1.57 bits per heavy atom. The number of halogens is 1. The summed E-state index contributed by atoms with van der Waals surface area (Å²) in [4.78, 5) is 14.4. The molecule has 0 aliphatic carbocycles. The van der Waals surface area contributed by atoms with Crippen molar-refractivity contribution in [1.82, 2.24) is 14.6 Å². The maximum Gasteiger partial charge on any atom is 0.404 e. The predicted molar refractivity (Wildman–Crippen MR) is 79.3 cm³/mol. The first-order valence-electron chi connectivity index (χ1n) is 6.21. The Bertz CT molecular complexity index is 652. The van der Waals surface area contributed by atoms with E-state index in [2.05, 4.69) is 26.2 Å². The summed E-state index contributed by atoms with van der Waals surface area (Å²) in [6.45, 7) is 0.409. The molecule has 10 heteroatoms. The molecule has 1 atom stereocenters. The fourth-order valence-corrected chi connectivity index (χ4v) is 4.33. The van der Waals surface area contributed by atoms with E-state index in [0.29, 0.717) is 23.9 Å². The van der Waals surface area contributed by atoms with Gasteiger partial charge in [0.15, 0.2) is 0 Å². The van der Waals surface area contributed by atoms with Crippen molar-refractivity contribution in [2.24, 2.45) is 0 Å². The molecule has 1 amide bonds. The molecular formula is C11H15BrN4O4S. The van der Waals surface area contributed by atoms with Gasteiger partial charge in [0.2, 0.25) is 10.0 Å². The van der Waals surface area contributed by atoms with Gasteiger partial charge >= 0.3 is 6.09 Å². The van der Waals surface area contributed by atoms with Crippen molar-refractivity contribution in [3.8, 4) is 0 Å². The van der Waals surface area contributed by atoms with E-state index in [4.69, 9.17) is 10.8 Å². The minimum atomic E-state index is -3.80. The van der Waals surface area contributed by atoms with Crippen LogP contribution in [0.3, 0.4) is 0 Å². The summed E-state index contributed by atoms with van der Waals surface area (Å²) in [7, 11) is -3.80. The maximum absolute atomic E-state index is 12.6. The lowest BCUT2D eigenvalue weighted by Gasteiger charge is -2.31. The monoisotopic (exact) mass is 378 g/mol. The van der Waals surface area contributed by atoms with Crippen molar-refractivity contribution in [2.45, 2.75) is 23.8 Å². The molecule has 21 heavy (non-hydrogen) atoms. The van der Waals surface area contributed by atoms with Crippen LogP contribution in [0.15, 0.2) is 21.6 Å². The fourth-order valence-electron chi connectivity index (χ4n) is 2.23. The summed E-state index contributed by atoms with van der Waals surface area (Å²) in [5.41, 5.74) is 5.65. The van der Waals surface area contributed by atoms with Crippen LogP contribution in [-0.4, -0.2) is 48.0 Å². The maximum atomic E-state index is 12.6. The Hall–Kier alpha value is -1.39. The van der Waals surface area contributed by atoms with E-state index < -0.39 is 22.2 Å². The van der Waals surface area contributed by atoms with Crippen LogP contribution < -0.4 is 11.1 Å². The summed E-state index contributed by atoms with van der Waals surface area (Å²) in [6.07, 6.45) is 1.43. The van der Waals surface area contributed by atoms with Crippen molar-refractivity contribution >= 4 is 37.9 Å². The third-order valence-corrected chi connectivity index (χ3v) is 5.51. The molecule has 1 aliphatic rings. The number of nitrogen functional groups attached to an aromatic ring is 1. The van der Waals surface area contributed by atoms with E-state index in [1.807, 2.05) is 0 Å². The van der Waals surface area contributed by atoms with Crippen molar-refractivity contribution in [3.63, 3.8) is 0 Å². The highest BCUT2D eigenvalue weighted by atomic mass is 79.9. The number of nitrogens with one attached hydrogen (secondary N) is 1. The molecule has 2 rings (SSSR count). The van der Waals surface area contributed by atoms with Crippen molar-refractivity contribution in [3.05, 3.63) is 16.7 Å². The van der Waals surface area contributed by atoms with Crippen LogP contribution in [0.4, 0.5) is 10.6 Å². The number of anilines is 1. The normalized spacial score (nSPS) is 20.1. The van der Waals surface area contributed by atoms with Gasteiger partial charge in [-0.3, -0.25) is 0 Å². The van der Waals surface area contributed by atoms with Crippen LogP contribution >= 0.6 is 15.9 Å². The number of rotatable bonds is 3. The van der Waals surface area contributed by atoms with Crippen LogP contribution in [0, 0.1) is 0 Å². The number of hydrogen-bond donors (Lipinski definition) is 3. The molecule has 1 fully saturated rings. The summed E-state index contributed by atoms with van der Waals surface area (Å²) >= 11 is 3.17. The second kappa shape index (κ2) is 6.16. The van der Waals surface area contributed by atoms with Gasteiger partial charge in [0.1, 0.15) is 10.7 Å². The number of hydrogen-bond acceptors (Lipinski definition) is 5. The highest BCUT2D eigenvalue weighted by Crippen LogP contribution is 2.26. The molecule has 0 aromatic carbocycles.